The lowest BCUT2D eigenvalue weighted by atomic mass is 10.0. The normalized spacial score (nSPS) is 17.5. The molecule has 2 aromatic heterocycles. The van der Waals surface area contributed by atoms with Crippen LogP contribution in [0.1, 0.15) is 59.6 Å². The molecule has 3 amide bonds. The molecule has 0 fully saturated rings. The summed E-state index contributed by atoms with van der Waals surface area (Å²) in [6.45, 7) is 9.20. The van der Waals surface area contributed by atoms with Gasteiger partial charge in [0.15, 0.2) is 5.82 Å². The molecule has 0 saturated heterocycles. The number of rotatable bonds is 5. The Kier molecular flexibility index (Phi) is 6.63. The number of carbonyl (C=O) groups excluding carboxylic acids is 2. The summed E-state index contributed by atoms with van der Waals surface area (Å²) >= 11 is 0. The van der Waals surface area contributed by atoms with Crippen molar-refractivity contribution >= 4 is 17.5 Å². The number of carbonyl (C=O) groups is 2. The Bertz CT molecular complexity index is 1190. The van der Waals surface area contributed by atoms with Crippen LogP contribution in [0.3, 0.4) is 0 Å². The number of aromatic nitrogens is 4. The van der Waals surface area contributed by atoms with Crippen LogP contribution in [0, 0.1) is 0 Å². The van der Waals surface area contributed by atoms with E-state index in [9.17, 15) is 9.59 Å². The van der Waals surface area contributed by atoms with Gasteiger partial charge in [-0.15, -0.1) is 10.2 Å². The van der Waals surface area contributed by atoms with E-state index in [-0.39, 0.29) is 11.9 Å². The average molecular weight is 462 g/mol. The summed E-state index contributed by atoms with van der Waals surface area (Å²) in [5.41, 5.74) is 3.76. The lowest BCUT2D eigenvalue weighted by molar-refractivity contribution is 0.0962. The van der Waals surface area contributed by atoms with Gasteiger partial charge < -0.3 is 19.7 Å². The molecule has 0 bridgehead atoms. The van der Waals surface area contributed by atoms with Gasteiger partial charge in [-0.05, 0) is 55.5 Å². The molecule has 9 nitrogen and oxygen atoms in total. The molecule has 2 aliphatic heterocycles. The second kappa shape index (κ2) is 9.62. The van der Waals surface area contributed by atoms with Gasteiger partial charge in [0.2, 0.25) is 0 Å². The van der Waals surface area contributed by atoms with Crippen LogP contribution in [0.25, 0.3) is 5.57 Å². The molecule has 1 atom stereocenters. The fourth-order valence-electron chi connectivity index (χ4n) is 4.34. The maximum atomic E-state index is 12.7. The summed E-state index contributed by atoms with van der Waals surface area (Å²) in [5.74, 6) is 1.57. The fourth-order valence-corrected chi connectivity index (χ4v) is 4.34. The lowest BCUT2D eigenvalue weighted by Gasteiger charge is -2.31. The summed E-state index contributed by atoms with van der Waals surface area (Å²) in [6.07, 6.45) is 10.0. The molecule has 0 radical (unpaired) electrons. The number of amides is 3. The van der Waals surface area contributed by atoms with Crippen LogP contribution in [-0.2, 0) is 19.4 Å². The highest BCUT2D eigenvalue weighted by atomic mass is 16.2. The molecule has 9 heteroatoms. The first kappa shape index (κ1) is 23.4. The topological polar surface area (TPSA) is 96.2 Å². The number of nitrogens with one attached hydrogen (secondary N) is 1. The Morgan fingerprint density at radius 3 is 2.79 bits per heavy atom. The van der Waals surface area contributed by atoms with E-state index >= 15 is 0 Å². The average Bonchev–Trinajstić information content (AvgIpc) is 3.40. The van der Waals surface area contributed by atoms with Gasteiger partial charge in [-0.1, -0.05) is 18.7 Å². The molecule has 4 heterocycles. The highest BCUT2D eigenvalue weighted by Gasteiger charge is 2.24. The smallest absolute Gasteiger partial charge is 0.319 e. The minimum atomic E-state index is -0.335. The van der Waals surface area contributed by atoms with Gasteiger partial charge in [-0.2, -0.15) is 0 Å². The number of hydrogen-bond acceptors (Lipinski definition) is 5. The molecule has 178 valence electrons. The van der Waals surface area contributed by atoms with E-state index in [1.54, 1.807) is 42.2 Å². The first-order valence-electron chi connectivity index (χ1n) is 11.5. The third kappa shape index (κ3) is 4.78. The predicted octanol–water partition coefficient (Wildman–Crippen LogP) is 3.12. The minimum absolute atomic E-state index is 0.0409. The van der Waals surface area contributed by atoms with E-state index in [0.29, 0.717) is 30.5 Å². The van der Waals surface area contributed by atoms with Crippen LogP contribution >= 0.6 is 0 Å². The van der Waals surface area contributed by atoms with Crippen molar-refractivity contribution in [1.29, 1.82) is 0 Å². The number of nitrogens with zero attached hydrogens (tertiary/aromatic N) is 6. The molecule has 1 N–H and O–H groups in total. The summed E-state index contributed by atoms with van der Waals surface area (Å²) in [5, 5.41) is 11.4. The van der Waals surface area contributed by atoms with Crippen molar-refractivity contribution in [1.82, 2.24) is 34.9 Å². The second-order valence-corrected chi connectivity index (χ2v) is 9.07. The van der Waals surface area contributed by atoms with Crippen LogP contribution in [0.4, 0.5) is 4.79 Å². The van der Waals surface area contributed by atoms with Crippen molar-refractivity contribution in [3.8, 4) is 0 Å². The van der Waals surface area contributed by atoms with E-state index in [2.05, 4.69) is 38.6 Å². The maximum Gasteiger partial charge on any atom is 0.319 e. The minimum Gasteiger partial charge on any atom is -0.331 e. The molecular weight excluding hydrogens is 430 g/mol. The van der Waals surface area contributed by atoms with Gasteiger partial charge in [-0.25, -0.2) is 4.79 Å². The lowest BCUT2D eigenvalue weighted by Crippen LogP contribution is -2.42. The zero-order valence-electron chi connectivity index (χ0n) is 20.2. The molecule has 0 spiro atoms. The van der Waals surface area contributed by atoms with Crippen LogP contribution in [-0.4, -0.2) is 62.1 Å². The largest absolute Gasteiger partial charge is 0.331 e. The monoisotopic (exact) mass is 461 g/mol. The maximum absolute atomic E-state index is 12.7. The van der Waals surface area contributed by atoms with E-state index in [1.807, 2.05) is 19.1 Å². The number of aryl methyl sites for hydroxylation is 1. The number of fused-ring (bicyclic) bond motifs is 2. The van der Waals surface area contributed by atoms with Crippen molar-refractivity contribution in [3.05, 3.63) is 71.2 Å². The van der Waals surface area contributed by atoms with E-state index < -0.39 is 0 Å². The quantitative estimate of drug-likeness (QED) is 0.690. The molecule has 34 heavy (non-hydrogen) atoms. The fraction of sp³-hybridized carbons (Fsp3) is 0.400. The number of allylic oxidation sites excluding steroid dienone is 4. The van der Waals surface area contributed by atoms with Crippen LogP contribution < -0.4 is 5.32 Å². The standard InChI is InChI=1S/C25H31N7O2/c1-16(23-29-28-22-10-9-18(3)32(22)23)7-6-8-17(2)27-24(33)21-13-20-15-31(25(34)30(4)5)12-11-19(20)14-26-21/h6-8,13-14,18H,2,9-12,15H2,1,3-5H3,(H,27,33)/b8-6-,16-7+. The molecule has 2 aliphatic rings. The highest BCUT2D eigenvalue weighted by molar-refractivity contribution is 5.94. The third-order valence-corrected chi connectivity index (χ3v) is 6.24. The second-order valence-electron chi connectivity index (χ2n) is 9.07. The summed E-state index contributed by atoms with van der Waals surface area (Å²) < 4.78 is 2.19. The molecule has 2 aromatic rings. The zero-order valence-corrected chi connectivity index (χ0v) is 20.2. The summed E-state index contributed by atoms with van der Waals surface area (Å²) in [7, 11) is 3.47. The third-order valence-electron chi connectivity index (χ3n) is 6.24. The Morgan fingerprint density at radius 1 is 1.24 bits per heavy atom. The zero-order chi connectivity index (χ0) is 24.4. The van der Waals surface area contributed by atoms with Crippen molar-refractivity contribution < 1.29 is 9.59 Å². The Hall–Kier alpha value is -3.75. The molecule has 1 unspecified atom stereocenters. The van der Waals surface area contributed by atoms with Crippen LogP contribution in [0.2, 0.25) is 0 Å². The van der Waals surface area contributed by atoms with Gasteiger partial charge in [0.1, 0.15) is 11.5 Å². The summed E-state index contributed by atoms with van der Waals surface area (Å²) in [6, 6.07) is 2.12. The number of urea groups is 1. The van der Waals surface area contributed by atoms with Crippen LogP contribution in [0.15, 0.2) is 42.8 Å². The highest BCUT2D eigenvalue weighted by Crippen LogP contribution is 2.28. The van der Waals surface area contributed by atoms with Crippen molar-refractivity contribution in [2.24, 2.45) is 0 Å². The van der Waals surface area contributed by atoms with Gasteiger partial charge in [0.25, 0.3) is 5.91 Å². The SMILES string of the molecule is C=C(/C=C\C=C(/C)c1nnc2n1C(C)CC2)NC(=O)c1cc2c(cn1)CCN(C(=O)N(C)C)C2. The van der Waals surface area contributed by atoms with Crippen molar-refractivity contribution in [2.75, 3.05) is 20.6 Å². The van der Waals surface area contributed by atoms with Crippen LogP contribution in [0.5, 0.6) is 0 Å². The molecule has 4 rings (SSSR count). The molecule has 0 aromatic carbocycles. The van der Waals surface area contributed by atoms with E-state index in [4.69, 9.17) is 0 Å². The number of hydrogen-bond donors (Lipinski definition) is 1. The summed E-state index contributed by atoms with van der Waals surface area (Å²) in [4.78, 5) is 32.6. The molecule has 0 saturated carbocycles. The Balaban J connectivity index is 1.38. The van der Waals surface area contributed by atoms with Gasteiger partial charge in [0.05, 0.1) is 0 Å². The Labute approximate surface area is 199 Å². The Morgan fingerprint density at radius 2 is 2.03 bits per heavy atom. The molecule has 0 aliphatic carbocycles. The van der Waals surface area contributed by atoms with Gasteiger partial charge >= 0.3 is 6.03 Å². The van der Waals surface area contributed by atoms with Gasteiger partial charge in [0, 0.05) is 51.5 Å². The van der Waals surface area contributed by atoms with E-state index in [1.165, 1.54) is 0 Å². The predicted molar refractivity (Wildman–Crippen MR) is 130 cm³/mol. The van der Waals surface area contributed by atoms with E-state index in [0.717, 1.165) is 47.6 Å². The number of pyridine rings is 1. The van der Waals surface area contributed by atoms with Gasteiger partial charge in [-0.3, -0.25) is 9.78 Å². The first-order valence-corrected chi connectivity index (χ1v) is 11.5. The molecular formula is C25H31N7O2. The first-order chi connectivity index (χ1) is 16.2. The van der Waals surface area contributed by atoms with Crippen molar-refractivity contribution in [2.45, 2.75) is 45.7 Å². The van der Waals surface area contributed by atoms with Crippen molar-refractivity contribution in [3.63, 3.8) is 0 Å².